The summed E-state index contributed by atoms with van der Waals surface area (Å²) in [5.74, 6) is 0.694. The molecule has 140 valence electrons. The smallest absolute Gasteiger partial charge is 0.233 e. The van der Waals surface area contributed by atoms with E-state index in [9.17, 15) is 0 Å². The number of halogens is 1. The maximum absolute atomic E-state index is 6.03. The Kier molecular flexibility index (Phi) is 5.72. The topological polar surface area (TPSA) is 50.5 Å². The number of hydrogen-bond acceptors (Lipinski definition) is 5. The lowest BCUT2D eigenvalue weighted by Gasteiger charge is -2.26. The van der Waals surface area contributed by atoms with Crippen molar-refractivity contribution in [3.8, 4) is 22.4 Å². The van der Waals surface area contributed by atoms with E-state index >= 15 is 0 Å². The van der Waals surface area contributed by atoms with Crippen molar-refractivity contribution in [2.24, 2.45) is 0 Å². The molecular weight excluding hydrogens is 362 g/mol. The van der Waals surface area contributed by atoms with Gasteiger partial charge in [0.2, 0.25) is 5.88 Å². The summed E-state index contributed by atoms with van der Waals surface area (Å²) < 4.78 is 11.1. The molecule has 6 heteroatoms. The maximum Gasteiger partial charge on any atom is 0.233 e. The minimum absolute atomic E-state index is 0.694. The van der Waals surface area contributed by atoms with Crippen LogP contribution in [0.2, 0.25) is 5.02 Å². The largest absolute Gasteiger partial charge is 0.379 e. The molecule has 0 spiro atoms. The highest BCUT2D eigenvalue weighted by atomic mass is 35.5. The van der Waals surface area contributed by atoms with Crippen LogP contribution >= 0.6 is 11.6 Å². The number of rotatable bonds is 6. The SMILES string of the molecule is Clc1ccc(-c2noc(NCCN3CCOCC3)c2-c2ccccc2)cc1. The summed E-state index contributed by atoms with van der Waals surface area (Å²) in [6, 6.07) is 17.8. The Morgan fingerprint density at radius 1 is 0.963 bits per heavy atom. The van der Waals surface area contributed by atoms with E-state index < -0.39 is 0 Å². The first-order valence-corrected chi connectivity index (χ1v) is 9.54. The highest BCUT2D eigenvalue weighted by Gasteiger charge is 2.19. The number of anilines is 1. The van der Waals surface area contributed by atoms with Gasteiger partial charge in [0.15, 0.2) is 0 Å². The molecule has 4 rings (SSSR count). The molecule has 1 fully saturated rings. The standard InChI is InChI=1S/C21H22ClN3O2/c22-18-8-6-17(7-9-18)20-19(16-4-2-1-3-5-16)21(27-24-20)23-10-11-25-12-14-26-15-13-25/h1-9,23H,10-15H2. The number of nitrogens with one attached hydrogen (secondary N) is 1. The quantitative estimate of drug-likeness (QED) is 0.683. The highest BCUT2D eigenvalue weighted by molar-refractivity contribution is 6.30. The first-order chi connectivity index (χ1) is 13.3. The van der Waals surface area contributed by atoms with E-state index in [2.05, 4.69) is 27.5 Å². The van der Waals surface area contributed by atoms with Crippen LogP contribution in [0.5, 0.6) is 0 Å². The second-order valence-electron chi connectivity index (χ2n) is 6.49. The molecule has 27 heavy (non-hydrogen) atoms. The van der Waals surface area contributed by atoms with Crippen molar-refractivity contribution in [3.63, 3.8) is 0 Å². The molecule has 0 bridgehead atoms. The molecule has 5 nitrogen and oxygen atoms in total. The van der Waals surface area contributed by atoms with Gasteiger partial charge in [-0.15, -0.1) is 0 Å². The Balaban J connectivity index is 1.58. The predicted molar refractivity (Wildman–Crippen MR) is 108 cm³/mol. The normalized spacial score (nSPS) is 15.0. The second kappa shape index (κ2) is 8.57. The van der Waals surface area contributed by atoms with Gasteiger partial charge in [-0.25, -0.2) is 0 Å². The van der Waals surface area contributed by atoms with Crippen LogP contribution in [-0.2, 0) is 4.74 Å². The zero-order chi connectivity index (χ0) is 18.5. The van der Waals surface area contributed by atoms with E-state index in [-0.39, 0.29) is 0 Å². The molecule has 1 saturated heterocycles. The monoisotopic (exact) mass is 383 g/mol. The molecule has 0 radical (unpaired) electrons. The van der Waals surface area contributed by atoms with Gasteiger partial charge in [-0.3, -0.25) is 4.90 Å². The fraction of sp³-hybridized carbons (Fsp3) is 0.286. The maximum atomic E-state index is 6.03. The number of ether oxygens (including phenoxy) is 1. The summed E-state index contributed by atoms with van der Waals surface area (Å²) >= 11 is 6.03. The Hall–Kier alpha value is -2.34. The minimum Gasteiger partial charge on any atom is -0.379 e. The van der Waals surface area contributed by atoms with Crippen LogP contribution in [0, 0.1) is 0 Å². The molecule has 1 aromatic heterocycles. The van der Waals surface area contributed by atoms with Gasteiger partial charge in [-0.1, -0.05) is 59.2 Å². The van der Waals surface area contributed by atoms with E-state index in [0.29, 0.717) is 10.9 Å². The lowest BCUT2D eigenvalue weighted by atomic mass is 10.0. The fourth-order valence-corrected chi connectivity index (χ4v) is 3.37. The van der Waals surface area contributed by atoms with Crippen molar-refractivity contribution < 1.29 is 9.26 Å². The van der Waals surface area contributed by atoms with E-state index in [1.54, 1.807) is 0 Å². The number of benzene rings is 2. The zero-order valence-electron chi connectivity index (χ0n) is 15.0. The Morgan fingerprint density at radius 3 is 2.44 bits per heavy atom. The second-order valence-corrected chi connectivity index (χ2v) is 6.93. The van der Waals surface area contributed by atoms with Crippen LogP contribution in [0.4, 0.5) is 5.88 Å². The van der Waals surface area contributed by atoms with E-state index in [1.165, 1.54) is 0 Å². The molecule has 0 amide bonds. The van der Waals surface area contributed by atoms with Crippen molar-refractivity contribution in [3.05, 3.63) is 59.6 Å². The van der Waals surface area contributed by atoms with Gasteiger partial charge in [0.25, 0.3) is 0 Å². The molecule has 3 aromatic rings. The van der Waals surface area contributed by atoms with E-state index in [4.69, 9.17) is 20.9 Å². The Bertz CT molecular complexity index is 859. The first-order valence-electron chi connectivity index (χ1n) is 9.16. The van der Waals surface area contributed by atoms with Gasteiger partial charge in [0.05, 0.1) is 18.8 Å². The third-order valence-corrected chi connectivity index (χ3v) is 4.94. The van der Waals surface area contributed by atoms with Gasteiger partial charge in [-0.2, -0.15) is 0 Å². The summed E-state index contributed by atoms with van der Waals surface area (Å²) in [5, 5.41) is 8.47. The van der Waals surface area contributed by atoms with Crippen molar-refractivity contribution >= 4 is 17.5 Å². The van der Waals surface area contributed by atoms with Crippen molar-refractivity contribution in [2.45, 2.75) is 0 Å². The Labute approximate surface area is 163 Å². The van der Waals surface area contributed by atoms with Gasteiger partial charge < -0.3 is 14.6 Å². The molecule has 0 atom stereocenters. The number of nitrogens with zero attached hydrogens (tertiary/aromatic N) is 2. The van der Waals surface area contributed by atoms with Crippen LogP contribution < -0.4 is 5.32 Å². The summed E-state index contributed by atoms with van der Waals surface area (Å²) in [6.07, 6.45) is 0. The zero-order valence-corrected chi connectivity index (χ0v) is 15.8. The van der Waals surface area contributed by atoms with Gasteiger partial charge in [0.1, 0.15) is 5.69 Å². The Morgan fingerprint density at radius 2 is 1.70 bits per heavy atom. The molecule has 2 aromatic carbocycles. The van der Waals surface area contributed by atoms with Crippen LogP contribution in [0.3, 0.4) is 0 Å². The number of hydrogen-bond donors (Lipinski definition) is 1. The molecule has 1 aliphatic heterocycles. The molecule has 0 aliphatic carbocycles. The number of morpholine rings is 1. The average Bonchev–Trinajstić information content (AvgIpc) is 3.14. The van der Waals surface area contributed by atoms with Gasteiger partial charge in [-0.05, 0) is 17.7 Å². The third kappa shape index (κ3) is 4.33. The molecule has 0 unspecified atom stereocenters. The van der Waals surface area contributed by atoms with E-state index in [0.717, 1.165) is 61.8 Å². The molecule has 1 aliphatic rings. The highest BCUT2D eigenvalue weighted by Crippen LogP contribution is 2.37. The summed E-state index contributed by atoms with van der Waals surface area (Å²) in [4.78, 5) is 2.38. The van der Waals surface area contributed by atoms with Crippen molar-refractivity contribution in [1.82, 2.24) is 10.1 Å². The third-order valence-electron chi connectivity index (χ3n) is 4.69. The first kappa shape index (κ1) is 18.0. The lowest BCUT2D eigenvalue weighted by Crippen LogP contribution is -2.39. The number of aromatic nitrogens is 1. The molecule has 1 N–H and O–H groups in total. The van der Waals surface area contributed by atoms with Crippen LogP contribution in [-0.4, -0.2) is 49.4 Å². The minimum atomic E-state index is 0.694. The van der Waals surface area contributed by atoms with Gasteiger partial charge >= 0.3 is 0 Å². The van der Waals surface area contributed by atoms with Crippen LogP contribution in [0.15, 0.2) is 59.1 Å². The average molecular weight is 384 g/mol. The van der Waals surface area contributed by atoms with Crippen LogP contribution in [0.25, 0.3) is 22.4 Å². The summed E-state index contributed by atoms with van der Waals surface area (Å²) in [7, 11) is 0. The summed E-state index contributed by atoms with van der Waals surface area (Å²) in [5.41, 5.74) is 3.83. The van der Waals surface area contributed by atoms with Crippen LogP contribution in [0.1, 0.15) is 0 Å². The predicted octanol–water partition coefficient (Wildman–Crippen LogP) is 4.41. The fourth-order valence-electron chi connectivity index (χ4n) is 3.24. The molecule has 2 heterocycles. The molecule has 0 saturated carbocycles. The van der Waals surface area contributed by atoms with Crippen molar-refractivity contribution in [2.75, 3.05) is 44.7 Å². The summed E-state index contributed by atoms with van der Waals surface area (Å²) in [6.45, 7) is 5.28. The lowest BCUT2D eigenvalue weighted by molar-refractivity contribution is 0.0398. The van der Waals surface area contributed by atoms with Gasteiger partial charge in [0, 0.05) is 36.8 Å². The molecular formula is C21H22ClN3O2. The van der Waals surface area contributed by atoms with Crippen molar-refractivity contribution in [1.29, 1.82) is 0 Å². The van der Waals surface area contributed by atoms with E-state index in [1.807, 2.05) is 42.5 Å².